The normalized spacial score (nSPS) is 19.6. The molecule has 3 N–H and O–H groups in total. The van der Waals surface area contributed by atoms with Crippen molar-refractivity contribution in [2.45, 2.75) is 38.8 Å². The van der Waals surface area contributed by atoms with Gasteiger partial charge in [-0.15, -0.1) is 0 Å². The first-order chi connectivity index (χ1) is 9.31. The van der Waals surface area contributed by atoms with Crippen LogP contribution in [0.25, 0.3) is 0 Å². The number of amides is 1. The summed E-state index contributed by atoms with van der Waals surface area (Å²) in [6.45, 7) is 11.1. The van der Waals surface area contributed by atoms with E-state index in [0.717, 1.165) is 32.6 Å². The number of ether oxygens (including phenoxy) is 1. The van der Waals surface area contributed by atoms with Crippen LogP contribution in [0.2, 0.25) is 0 Å². The average molecular weight is 286 g/mol. The van der Waals surface area contributed by atoms with Gasteiger partial charge in [-0.05, 0) is 34.2 Å². The molecule has 1 atom stereocenters. The van der Waals surface area contributed by atoms with E-state index < -0.39 is 5.60 Å². The Morgan fingerprint density at radius 1 is 1.30 bits per heavy atom. The third kappa shape index (κ3) is 6.54. The summed E-state index contributed by atoms with van der Waals surface area (Å²) >= 11 is 0. The molecule has 1 aliphatic heterocycles. The van der Waals surface area contributed by atoms with E-state index in [-0.39, 0.29) is 6.09 Å². The molecule has 0 aromatic rings. The first-order valence-corrected chi connectivity index (χ1v) is 7.41. The second-order valence-electron chi connectivity index (χ2n) is 6.45. The van der Waals surface area contributed by atoms with E-state index in [9.17, 15) is 4.79 Å². The zero-order chi connectivity index (χ0) is 15.2. The Morgan fingerprint density at radius 2 is 1.90 bits per heavy atom. The number of hydrogen-bond donors (Lipinski definition) is 2. The van der Waals surface area contributed by atoms with Crippen molar-refractivity contribution < 1.29 is 9.53 Å². The molecule has 1 heterocycles. The van der Waals surface area contributed by atoms with Crippen molar-refractivity contribution in [3.63, 3.8) is 0 Å². The van der Waals surface area contributed by atoms with Crippen molar-refractivity contribution in [3.8, 4) is 0 Å². The highest BCUT2D eigenvalue weighted by Gasteiger charge is 2.21. The van der Waals surface area contributed by atoms with Crippen LogP contribution in [0.3, 0.4) is 0 Å². The summed E-state index contributed by atoms with van der Waals surface area (Å²) in [7, 11) is 2.14. The van der Waals surface area contributed by atoms with Gasteiger partial charge in [0.05, 0.1) is 0 Å². The summed E-state index contributed by atoms with van der Waals surface area (Å²) in [4.78, 5) is 16.3. The highest BCUT2D eigenvalue weighted by atomic mass is 16.6. The molecule has 6 heteroatoms. The molecule has 1 aliphatic rings. The number of nitrogens with two attached hydrogens (primary N) is 1. The van der Waals surface area contributed by atoms with Gasteiger partial charge in [-0.3, -0.25) is 4.90 Å². The highest BCUT2D eigenvalue weighted by molar-refractivity contribution is 5.67. The first-order valence-electron chi connectivity index (χ1n) is 7.41. The van der Waals surface area contributed by atoms with E-state index in [1.54, 1.807) is 0 Å². The maximum atomic E-state index is 11.6. The van der Waals surface area contributed by atoms with E-state index in [0.29, 0.717) is 19.1 Å². The lowest BCUT2D eigenvalue weighted by Crippen LogP contribution is -2.52. The lowest BCUT2D eigenvalue weighted by molar-refractivity contribution is 0.0517. The van der Waals surface area contributed by atoms with Crippen LogP contribution in [-0.2, 0) is 4.74 Å². The molecule has 0 radical (unpaired) electrons. The monoisotopic (exact) mass is 286 g/mol. The topological polar surface area (TPSA) is 70.8 Å². The molecule has 1 unspecified atom stereocenters. The molecule has 20 heavy (non-hydrogen) atoms. The Bertz CT molecular complexity index is 296. The number of likely N-dealkylation sites (N-methyl/N-ethyl adjacent to an activating group) is 1. The number of nitrogens with one attached hydrogen (secondary N) is 1. The molecule has 1 amide bonds. The van der Waals surface area contributed by atoms with Crippen LogP contribution in [0.5, 0.6) is 0 Å². The number of piperazine rings is 1. The van der Waals surface area contributed by atoms with Crippen LogP contribution >= 0.6 is 0 Å². The van der Waals surface area contributed by atoms with Crippen LogP contribution in [0.4, 0.5) is 4.79 Å². The van der Waals surface area contributed by atoms with Crippen molar-refractivity contribution in [3.05, 3.63) is 0 Å². The number of hydrogen-bond acceptors (Lipinski definition) is 5. The zero-order valence-corrected chi connectivity index (χ0v) is 13.3. The Hall–Kier alpha value is -0.850. The lowest BCUT2D eigenvalue weighted by Gasteiger charge is -2.37. The smallest absolute Gasteiger partial charge is 0.407 e. The molecule has 0 aromatic heterocycles. The lowest BCUT2D eigenvalue weighted by atomic mass is 10.1. The molecule has 1 fully saturated rings. The quantitative estimate of drug-likeness (QED) is 0.769. The molecule has 0 bridgehead atoms. The van der Waals surface area contributed by atoms with E-state index in [1.165, 1.54) is 0 Å². The summed E-state index contributed by atoms with van der Waals surface area (Å²) in [5.41, 5.74) is 5.41. The maximum absolute atomic E-state index is 11.6. The third-order valence-electron chi connectivity index (χ3n) is 3.47. The van der Waals surface area contributed by atoms with E-state index >= 15 is 0 Å². The minimum atomic E-state index is -0.450. The number of nitrogens with zero attached hydrogens (tertiary/aromatic N) is 2. The predicted molar refractivity (Wildman–Crippen MR) is 80.8 cm³/mol. The van der Waals surface area contributed by atoms with Gasteiger partial charge in [0.1, 0.15) is 5.60 Å². The minimum Gasteiger partial charge on any atom is -0.444 e. The molecule has 0 saturated carbocycles. The van der Waals surface area contributed by atoms with Gasteiger partial charge >= 0.3 is 6.09 Å². The fourth-order valence-electron chi connectivity index (χ4n) is 2.29. The highest BCUT2D eigenvalue weighted by Crippen LogP contribution is 2.08. The standard InChI is InChI=1S/C14H30N4O2/c1-14(2,3)20-13(19)16-6-5-12(11-15)18-9-7-17(4)8-10-18/h12H,5-11,15H2,1-4H3,(H,16,19). The van der Waals surface area contributed by atoms with Gasteiger partial charge in [-0.2, -0.15) is 0 Å². The molecule has 0 aliphatic carbocycles. The van der Waals surface area contributed by atoms with E-state index in [4.69, 9.17) is 10.5 Å². The SMILES string of the molecule is CN1CCN(C(CN)CCNC(=O)OC(C)(C)C)CC1. The fourth-order valence-corrected chi connectivity index (χ4v) is 2.29. The number of alkyl carbamates (subject to hydrolysis) is 1. The number of rotatable bonds is 5. The second kappa shape index (κ2) is 7.81. The van der Waals surface area contributed by atoms with Gasteiger partial charge in [-0.25, -0.2) is 4.79 Å². The summed E-state index contributed by atoms with van der Waals surface area (Å²) in [6.07, 6.45) is 0.506. The van der Waals surface area contributed by atoms with Gasteiger partial charge in [0.25, 0.3) is 0 Å². The number of carbonyl (C=O) groups is 1. The summed E-state index contributed by atoms with van der Waals surface area (Å²) in [5.74, 6) is 0. The van der Waals surface area contributed by atoms with Gasteiger partial charge in [-0.1, -0.05) is 0 Å². The molecule has 0 aromatic carbocycles. The molecule has 1 saturated heterocycles. The first kappa shape index (κ1) is 17.2. The number of carbonyl (C=O) groups excluding carboxylic acids is 1. The molecule has 0 spiro atoms. The fraction of sp³-hybridized carbons (Fsp3) is 0.929. The third-order valence-corrected chi connectivity index (χ3v) is 3.47. The average Bonchev–Trinajstić information content (AvgIpc) is 2.34. The van der Waals surface area contributed by atoms with E-state index in [1.807, 2.05) is 20.8 Å². The molecule has 1 rings (SSSR count). The molecule has 6 nitrogen and oxygen atoms in total. The van der Waals surface area contributed by atoms with Crippen LogP contribution < -0.4 is 11.1 Å². The summed E-state index contributed by atoms with van der Waals surface area (Å²) in [5, 5.41) is 2.80. The van der Waals surface area contributed by atoms with E-state index in [2.05, 4.69) is 22.2 Å². The Morgan fingerprint density at radius 3 is 2.40 bits per heavy atom. The van der Waals surface area contributed by atoms with Crippen LogP contribution in [0.15, 0.2) is 0 Å². The zero-order valence-electron chi connectivity index (χ0n) is 13.3. The minimum absolute atomic E-state index is 0.332. The summed E-state index contributed by atoms with van der Waals surface area (Å²) < 4.78 is 5.21. The van der Waals surface area contributed by atoms with Crippen molar-refractivity contribution in [1.29, 1.82) is 0 Å². The van der Waals surface area contributed by atoms with Crippen LogP contribution in [-0.4, -0.2) is 73.9 Å². The van der Waals surface area contributed by atoms with Gasteiger partial charge in [0.2, 0.25) is 0 Å². The maximum Gasteiger partial charge on any atom is 0.407 e. The molecular formula is C14H30N4O2. The largest absolute Gasteiger partial charge is 0.444 e. The van der Waals surface area contributed by atoms with Crippen molar-refractivity contribution in [1.82, 2.24) is 15.1 Å². The van der Waals surface area contributed by atoms with Crippen LogP contribution in [0.1, 0.15) is 27.2 Å². The van der Waals surface area contributed by atoms with Gasteiger partial charge in [0, 0.05) is 45.3 Å². The van der Waals surface area contributed by atoms with Crippen LogP contribution in [0, 0.1) is 0 Å². The molecule has 118 valence electrons. The van der Waals surface area contributed by atoms with Crippen molar-refractivity contribution in [2.24, 2.45) is 5.73 Å². The predicted octanol–water partition coefficient (Wildman–Crippen LogP) is 0.476. The second-order valence-corrected chi connectivity index (χ2v) is 6.45. The Labute approximate surface area is 122 Å². The van der Waals surface area contributed by atoms with Gasteiger partial charge in [0.15, 0.2) is 0 Å². The molecular weight excluding hydrogens is 256 g/mol. The van der Waals surface area contributed by atoms with Crippen molar-refractivity contribution in [2.75, 3.05) is 46.3 Å². The Kier molecular flexibility index (Phi) is 6.71. The van der Waals surface area contributed by atoms with Crippen molar-refractivity contribution >= 4 is 6.09 Å². The van der Waals surface area contributed by atoms with Gasteiger partial charge < -0.3 is 20.7 Å². The Balaban J connectivity index is 2.26. The summed E-state index contributed by atoms with van der Waals surface area (Å²) in [6, 6.07) is 0.332.